The van der Waals surface area contributed by atoms with Crippen LogP contribution in [0.1, 0.15) is 32.8 Å². The lowest BCUT2D eigenvalue weighted by atomic mass is 10.2. The van der Waals surface area contributed by atoms with Crippen LogP contribution in [-0.2, 0) is 16.1 Å². The van der Waals surface area contributed by atoms with E-state index >= 15 is 0 Å². The Morgan fingerprint density at radius 1 is 1.31 bits per heavy atom. The first-order valence-corrected chi connectivity index (χ1v) is 5.54. The maximum Gasteiger partial charge on any atom is 0.307 e. The van der Waals surface area contributed by atoms with Gasteiger partial charge in [-0.1, -0.05) is 37.3 Å². The van der Waals surface area contributed by atoms with Gasteiger partial charge in [0.1, 0.15) is 0 Å². The van der Waals surface area contributed by atoms with E-state index in [2.05, 4.69) is 5.32 Å². The van der Waals surface area contributed by atoms with Crippen LogP contribution < -0.4 is 5.32 Å². The molecule has 1 aromatic rings. The molecule has 16 heavy (non-hydrogen) atoms. The quantitative estimate of drug-likeness (QED) is 0.613. The van der Waals surface area contributed by atoms with Gasteiger partial charge in [0.25, 0.3) is 0 Å². The van der Waals surface area contributed by atoms with E-state index in [0.29, 0.717) is 13.0 Å². The number of esters is 1. The first kappa shape index (κ1) is 12.7. The Balaban J connectivity index is 2.44. The van der Waals surface area contributed by atoms with Crippen molar-refractivity contribution in [1.82, 2.24) is 5.32 Å². The largest absolute Gasteiger partial charge is 0.444 e. The molecule has 3 nitrogen and oxygen atoms in total. The van der Waals surface area contributed by atoms with E-state index in [0.717, 1.165) is 0 Å². The molecule has 1 N–H and O–H groups in total. The van der Waals surface area contributed by atoms with Gasteiger partial charge in [-0.25, -0.2) is 0 Å². The second-order valence-electron chi connectivity index (χ2n) is 4.18. The number of ether oxygens (including phenoxy) is 1. The van der Waals surface area contributed by atoms with Crippen LogP contribution in [0.25, 0.3) is 0 Å². The number of nitrogens with one attached hydrogen (secondary N) is 1. The Bertz CT molecular complexity index is 333. The summed E-state index contributed by atoms with van der Waals surface area (Å²) in [4.78, 5) is 11.2. The molecule has 0 aliphatic carbocycles. The van der Waals surface area contributed by atoms with Gasteiger partial charge in [-0.05, 0) is 19.4 Å². The summed E-state index contributed by atoms with van der Waals surface area (Å²) in [5.41, 5.74) is 0.547. The standard InChI is InChI=1S/C13H19NO2/c1-4-12(15)16-13(2,3)14-10-11-8-6-5-7-9-11/h5-9,14H,4,10H2,1-3H3. The van der Waals surface area contributed by atoms with Gasteiger partial charge in [-0.2, -0.15) is 0 Å². The molecule has 0 saturated heterocycles. The Kier molecular flexibility index (Phi) is 4.50. The van der Waals surface area contributed by atoms with Crippen LogP contribution in [0.15, 0.2) is 30.3 Å². The number of carbonyl (C=O) groups excluding carboxylic acids is 1. The predicted molar refractivity (Wildman–Crippen MR) is 63.7 cm³/mol. The smallest absolute Gasteiger partial charge is 0.307 e. The zero-order valence-corrected chi connectivity index (χ0v) is 10.1. The van der Waals surface area contributed by atoms with Crippen molar-refractivity contribution in [1.29, 1.82) is 0 Å². The van der Waals surface area contributed by atoms with Crippen molar-refractivity contribution >= 4 is 5.97 Å². The average molecular weight is 221 g/mol. The Hall–Kier alpha value is -1.35. The summed E-state index contributed by atoms with van der Waals surface area (Å²) in [5.74, 6) is -0.189. The minimum Gasteiger partial charge on any atom is -0.444 e. The Labute approximate surface area is 96.8 Å². The van der Waals surface area contributed by atoms with E-state index in [9.17, 15) is 4.79 Å². The summed E-state index contributed by atoms with van der Waals surface area (Å²) in [6, 6.07) is 10.0. The van der Waals surface area contributed by atoms with E-state index in [-0.39, 0.29) is 5.97 Å². The molecule has 0 bridgehead atoms. The molecule has 3 heteroatoms. The van der Waals surface area contributed by atoms with E-state index in [1.807, 2.05) is 44.2 Å². The fraction of sp³-hybridized carbons (Fsp3) is 0.462. The molecule has 1 rings (SSSR count). The normalized spacial score (nSPS) is 11.2. The van der Waals surface area contributed by atoms with Crippen LogP contribution in [0.2, 0.25) is 0 Å². The minimum atomic E-state index is -0.622. The topological polar surface area (TPSA) is 38.3 Å². The summed E-state index contributed by atoms with van der Waals surface area (Å²) in [7, 11) is 0. The van der Waals surface area contributed by atoms with E-state index in [1.165, 1.54) is 5.56 Å². The third-order valence-corrected chi connectivity index (χ3v) is 2.22. The fourth-order valence-electron chi connectivity index (χ4n) is 1.30. The molecule has 0 spiro atoms. The summed E-state index contributed by atoms with van der Waals surface area (Å²) in [5, 5.41) is 3.20. The predicted octanol–water partition coefficient (Wildman–Crippen LogP) is 2.47. The highest BCUT2D eigenvalue weighted by Gasteiger charge is 2.20. The van der Waals surface area contributed by atoms with Gasteiger partial charge in [-0.15, -0.1) is 0 Å². The Morgan fingerprint density at radius 2 is 1.94 bits per heavy atom. The number of carbonyl (C=O) groups is 1. The van der Waals surface area contributed by atoms with Crippen molar-refractivity contribution in [2.24, 2.45) is 0 Å². The van der Waals surface area contributed by atoms with Crippen LogP contribution >= 0.6 is 0 Å². The molecule has 1 aromatic carbocycles. The molecule has 0 heterocycles. The van der Waals surface area contributed by atoms with E-state index < -0.39 is 5.72 Å². The average Bonchev–Trinajstić information content (AvgIpc) is 2.27. The Morgan fingerprint density at radius 3 is 2.50 bits per heavy atom. The summed E-state index contributed by atoms with van der Waals surface area (Å²) in [6.07, 6.45) is 0.399. The van der Waals surface area contributed by atoms with Gasteiger partial charge < -0.3 is 4.74 Å². The maximum atomic E-state index is 11.2. The number of hydrogen-bond donors (Lipinski definition) is 1. The molecule has 0 atom stereocenters. The van der Waals surface area contributed by atoms with Crippen molar-refractivity contribution in [3.05, 3.63) is 35.9 Å². The van der Waals surface area contributed by atoms with Gasteiger partial charge >= 0.3 is 5.97 Å². The first-order valence-electron chi connectivity index (χ1n) is 5.54. The molecule has 0 fully saturated rings. The minimum absolute atomic E-state index is 0.189. The molecule has 0 radical (unpaired) electrons. The molecule has 0 aliphatic rings. The number of rotatable bonds is 5. The third kappa shape index (κ3) is 4.45. The highest BCUT2D eigenvalue weighted by molar-refractivity contribution is 5.69. The molecule has 88 valence electrons. The molecule has 0 amide bonds. The summed E-state index contributed by atoms with van der Waals surface area (Å²) in [6.45, 7) is 6.17. The van der Waals surface area contributed by atoms with Crippen molar-refractivity contribution in [2.75, 3.05) is 0 Å². The van der Waals surface area contributed by atoms with Crippen molar-refractivity contribution in [3.63, 3.8) is 0 Å². The van der Waals surface area contributed by atoms with Crippen molar-refractivity contribution < 1.29 is 9.53 Å². The summed E-state index contributed by atoms with van der Waals surface area (Å²) < 4.78 is 5.26. The van der Waals surface area contributed by atoms with Crippen LogP contribution in [0.4, 0.5) is 0 Å². The second-order valence-corrected chi connectivity index (χ2v) is 4.18. The lowest BCUT2D eigenvalue weighted by molar-refractivity contribution is -0.159. The molecular formula is C13H19NO2. The van der Waals surface area contributed by atoms with Crippen molar-refractivity contribution in [3.8, 4) is 0 Å². The van der Waals surface area contributed by atoms with Gasteiger partial charge in [0.2, 0.25) is 0 Å². The molecule has 0 saturated carbocycles. The fourth-order valence-corrected chi connectivity index (χ4v) is 1.30. The van der Waals surface area contributed by atoms with Crippen LogP contribution in [-0.4, -0.2) is 11.7 Å². The lowest BCUT2D eigenvalue weighted by Gasteiger charge is -2.26. The molecule has 0 unspecified atom stereocenters. The molecule has 0 aliphatic heterocycles. The van der Waals surface area contributed by atoms with Gasteiger partial charge in [0.15, 0.2) is 5.72 Å². The lowest BCUT2D eigenvalue weighted by Crippen LogP contribution is -2.42. The molecule has 0 aromatic heterocycles. The van der Waals surface area contributed by atoms with Gasteiger partial charge in [-0.3, -0.25) is 10.1 Å². The highest BCUT2D eigenvalue weighted by Crippen LogP contribution is 2.08. The van der Waals surface area contributed by atoms with E-state index in [1.54, 1.807) is 6.92 Å². The van der Waals surface area contributed by atoms with Crippen molar-refractivity contribution in [2.45, 2.75) is 39.5 Å². The van der Waals surface area contributed by atoms with Crippen LogP contribution in [0.5, 0.6) is 0 Å². The van der Waals surface area contributed by atoms with E-state index in [4.69, 9.17) is 4.74 Å². The van der Waals surface area contributed by atoms with Crippen LogP contribution in [0.3, 0.4) is 0 Å². The summed E-state index contributed by atoms with van der Waals surface area (Å²) >= 11 is 0. The van der Waals surface area contributed by atoms with Gasteiger partial charge in [0, 0.05) is 13.0 Å². The number of benzene rings is 1. The third-order valence-electron chi connectivity index (χ3n) is 2.22. The maximum absolute atomic E-state index is 11.2. The first-order chi connectivity index (χ1) is 7.53. The van der Waals surface area contributed by atoms with Crippen LogP contribution in [0, 0.1) is 0 Å². The zero-order chi connectivity index (χ0) is 12.0. The SMILES string of the molecule is CCC(=O)OC(C)(C)NCc1ccccc1. The highest BCUT2D eigenvalue weighted by atomic mass is 16.6. The number of hydrogen-bond acceptors (Lipinski definition) is 3. The van der Waals surface area contributed by atoms with Gasteiger partial charge in [0.05, 0.1) is 0 Å². The second kappa shape index (κ2) is 5.66. The molecular weight excluding hydrogens is 202 g/mol. The monoisotopic (exact) mass is 221 g/mol. The zero-order valence-electron chi connectivity index (χ0n) is 10.1.